The average Bonchev–Trinajstić information content (AvgIpc) is 3.80. The summed E-state index contributed by atoms with van der Waals surface area (Å²) in [7, 11) is 0. The number of benzene rings is 9. The summed E-state index contributed by atoms with van der Waals surface area (Å²) >= 11 is 0. The fourth-order valence-electron chi connectivity index (χ4n) is 10.9. The molecule has 10 aromatic rings. The molecule has 0 unspecified atom stereocenters. The Labute approximate surface area is 351 Å². The summed E-state index contributed by atoms with van der Waals surface area (Å²) in [6.45, 7) is 4.78. The van der Waals surface area contributed by atoms with E-state index < -0.39 is 5.41 Å². The molecule has 9 aromatic carbocycles. The van der Waals surface area contributed by atoms with Crippen LogP contribution >= 0.6 is 0 Å². The van der Waals surface area contributed by atoms with Gasteiger partial charge in [0.2, 0.25) is 0 Å². The van der Waals surface area contributed by atoms with Gasteiger partial charge >= 0.3 is 0 Å². The number of rotatable bonds is 5. The van der Waals surface area contributed by atoms with Crippen molar-refractivity contribution in [1.82, 2.24) is 4.57 Å². The molecule has 0 saturated carbocycles. The SMILES string of the molecule is CC1(C)c2ccccc2C2(c3ccccc3-c3c(N(c4ccc(-c5ccccc5)cc4)c4ccc5c6ccccc6n(-c6ccccc6)c5c4)cccc32)c2ccccc21. The zero-order chi connectivity index (χ0) is 40.0. The zero-order valence-corrected chi connectivity index (χ0v) is 33.7. The lowest BCUT2D eigenvalue weighted by Gasteiger charge is -2.46. The van der Waals surface area contributed by atoms with Gasteiger partial charge in [0.15, 0.2) is 0 Å². The zero-order valence-electron chi connectivity index (χ0n) is 33.7. The summed E-state index contributed by atoms with van der Waals surface area (Å²) in [5.74, 6) is 0. The summed E-state index contributed by atoms with van der Waals surface area (Å²) in [4.78, 5) is 2.50. The molecule has 0 fully saturated rings. The fourth-order valence-corrected chi connectivity index (χ4v) is 10.9. The molecule has 0 saturated heterocycles. The Morgan fingerprint density at radius 1 is 0.383 bits per heavy atom. The molecule has 2 aliphatic rings. The molecule has 1 aromatic heterocycles. The lowest BCUT2D eigenvalue weighted by Crippen LogP contribution is -2.40. The molecule has 60 heavy (non-hydrogen) atoms. The van der Waals surface area contributed by atoms with E-state index in [1.807, 2.05) is 0 Å². The van der Waals surface area contributed by atoms with Crippen molar-refractivity contribution in [2.45, 2.75) is 24.7 Å². The first-order chi connectivity index (χ1) is 29.5. The van der Waals surface area contributed by atoms with Gasteiger partial charge < -0.3 is 9.47 Å². The molecule has 1 heterocycles. The predicted octanol–water partition coefficient (Wildman–Crippen LogP) is 14.9. The third kappa shape index (κ3) is 4.76. The van der Waals surface area contributed by atoms with Crippen molar-refractivity contribution in [1.29, 1.82) is 0 Å². The van der Waals surface area contributed by atoms with Crippen LogP contribution in [0.25, 0.3) is 49.7 Å². The van der Waals surface area contributed by atoms with Crippen LogP contribution in [0, 0.1) is 0 Å². The second kappa shape index (κ2) is 13.0. The van der Waals surface area contributed by atoms with Gasteiger partial charge in [0, 0.05) is 38.8 Å². The van der Waals surface area contributed by atoms with Crippen LogP contribution in [-0.4, -0.2) is 4.57 Å². The molecule has 1 spiro atoms. The van der Waals surface area contributed by atoms with E-state index in [0.717, 1.165) is 22.7 Å². The molecule has 2 nitrogen and oxygen atoms in total. The van der Waals surface area contributed by atoms with E-state index in [0.29, 0.717) is 0 Å². The summed E-state index contributed by atoms with van der Waals surface area (Å²) in [6.07, 6.45) is 0. The van der Waals surface area contributed by atoms with Crippen molar-refractivity contribution in [3.05, 3.63) is 252 Å². The molecular formula is C58H42N2. The van der Waals surface area contributed by atoms with Gasteiger partial charge in [-0.15, -0.1) is 0 Å². The Kier molecular flexibility index (Phi) is 7.52. The predicted molar refractivity (Wildman–Crippen MR) is 250 cm³/mol. The Morgan fingerprint density at radius 3 is 1.63 bits per heavy atom. The van der Waals surface area contributed by atoms with Gasteiger partial charge in [-0.3, -0.25) is 0 Å². The number of para-hydroxylation sites is 2. The minimum Gasteiger partial charge on any atom is -0.310 e. The first-order valence-corrected chi connectivity index (χ1v) is 21.0. The van der Waals surface area contributed by atoms with Crippen LogP contribution in [0.3, 0.4) is 0 Å². The fraction of sp³-hybridized carbons (Fsp3) is 0.0690. The van der Waals surface area contributed by atoms with E-state index in [1.54, 1.807) is 0 Å². The minimum atomic E-state index is -0.489. The Balaban J connectivity index is 1.16. The highest BCUT2D eigenvalue weighted by molar-refractivity contribution is 6.11. The van der Waals surface area contributed by atoms with Crippen molar-refractivity contribution in [2.24, 2.45) is 0 Å². The average molecular weight is 767 g/mol. The summed E-state index contributed by atoms with van der Waals surface area (Å²) in [5, 5.41) is 2.48. The van der Waals surface area contributed by atoms with Gasteiger partial charge in [-0.05, 0) is 98.6 Å². The minimum absolute atomic E-state index is 0.160. The van der Waals surface area contributed by atoms with Crippen molar-refractivity contribution < 1.29 is 0 Å². The highest BCUT2D eigenvalue weighted by Crippen LogP contribution is 2.64. The van der Waals surface area contributed by atoms with Gasteiger partial charge in [0.1, 0.15) is 0 Å². The van der Waals surface area contributed by atoms with Crippen LogP contribution < -0.4 is 4.90 Å². The third-order valence-electron chi connectivity index (χ3n) is 13.5. The molecule has 0 aliphatic heterocycles. The van der Waals surface area contributed by atoms with E-state index in [4.69, 9.17) is 0 Å². The van der Waals surface area contributed by atoms with Gasteiger partial charge in [0.05, 0.1) is 22.1 Å². The maximum atomic E-state index is 2.50. The smallest absolute Gasteiger partial charge is 0.0720 e. The molecule has 0 N–H and O–H groups in total. The summed E-state index contributed by atoms with van der Waals surface area (Å²) < 4.78 is 2.42. The lowest BCUT2D eigenvalue weighted by molar-refractivity contribution is 0.563. The summed E-state index contributed by atoms with van der Waals surface area (Å²) in [6, 6.07) is 81.0. The number of fused-ring (bicyclic) bond motifs is 12. The molecular weight excluding hydrogens is 725 g/mol. The standard InChI is InChI=1S/C58H42N2/c1-57(2)48-25-12-14-27-50(48)58(51-28-15-13-26-49(51)57)47-24-11-9-23-46(47)56-52(58)29-17-31-54(56)59(42-34-32-40(33-35-42)39-18-5-3-6-19-39)43-36-37-45-44-22-10-16-30-53(44)60(55(45)38-43)41-20-7-4-8-21-41/h3-38H,1-2H3. The largest absolute Gasteiger partial charge is 0.310 e. The van der Waals surface area contributed by atoms with Crippen LogP contribution in [0.1, 0.15) is 47.2 Å². The highest BCUT2D eigenvalue weighted by atomic mass is 15.1. The molecule has 0 radical (unpaired) electrons. The van der Waals surface area contributed by atoms with Crippen molar-refractivity contribution in [3.8, 4) is 27.9 Å². The number of anilines is 3. The van der Waals surface area contributed by atoms with Crippen molar-refractivity contribution in [2.75, 3.05) is 4.90 Å². The number of hydrogen-bond acceptors (Lipinski definition) is 1. The first-order valence-electron chi connectivity index (χ1n) is 21.0. The van der Waals surface area contributed by atoms with E-state index >= 15 is 0 Å². The van der Waals surface area contributed by atoms with Crippen LogP contribution in [0.5, 0.6) is 0 Å². The molecule has 0 atom stereocenters. The summed E-state index contributed by atoms with van der Waals surface area (Å²) in [5.41, 5.74) is 19.3. The van der Waals surface area contributed by atoms with Gasteiger partial charge in [0.25, 0.3) is 0 Å². The van der Waals surface area contributed by atoms with E-state index in [9.17, 15) is 0 Å². The number of hydrogen-bond donors (Lipinski definition) is 0. The van der Waals surface area contributed by atoms with E-state index in [2.05, 4.69) is 242 Å². The lowest BCUT2D eigenvalue weighted by atomic mass is 9.55. The second-order valence-corrected chi connectivity index (χ2v) is 16.8. The van der Waals surface area contributed by atoms with Crippen molar-refractivity contribution >= 4 is 38.9 Å². The van der Waals surface area contributed by atoms with Gasteiger partial charge in [-0.2, -0.15) is 0 Å². The second-order valence-electron chi connectivity index (χ2n) is 16.8. The van der Waals surface area contributed by atoms with Gasteiger partial charge in [-0.1, -0.05) is 184 Å². The molecule has 0 bridgehead atoms. The molecule has 12 rings (SSSR count). The quantitative estimate of drug-likeness (QED) is 0.169. The first kappa shape index (κ1) is 34.6. The van der Waals surface area contributed by atoms with Crippen molar-refractivity contribution in [3.63, 3.8) is 0 Å². The highest BCUT2D eigenvalue weighted by Gasteiger charge is 2.53. The Hall–Kier alpha value is -7.42. The maximum Gasteiger partial charge on any atom is 0.0720 e. The topological polar surface area (TPSA) is 8.17 Å². The Bertz CT molecular complexity index is 3230. The van der Waals surface area contributed by atoms with E-state index in [1.165, 1.54) is 77.4 Å². The Morgan fingerprint density at radius 2 is 0.917 bits per heavy atom. The molecule has 0 amide bonds. The maximum absolute atomic E-state index is 2.50. The van der Waals surface area contributed by atoms with Crippen LogP contribution in [0.4, 0.5) is 17.1 Å². The number of aromatic nitrogens is 1. The third-order valence-corrected chi connectivity index (χ3v) is 13.5. The van der Waals surface area contributed by atoms with Crippen LogP contribution in [0.2, 0.25) is 0 Å². The molecule has 2 aliphatic carbocycles. The van der Waals surface area contributed by atoms with Crippen LogP contribution in [-0.2, 0) is 10.8 Å². The normalized spacial score (nSPS) is 14.1. The molecule has 284 valence electrons. The van der Waals surface area contributed by atoms with Gasteiger partial charge in [-0.25, -0.2) is 0 Å². The molecule has 2 heteroatoms. The van der Waals surface area contributed by atoms with Crippen LogP contribution in [0.15, 0.2) is 218 Å². The monoisotopic (exact) mass is 766 g/mol. The number of nitrogens with zero attached hydrogens (tertiary/aromatic N) is 2. The van der Waals surface area contributed by atoms with E-state index in [-0.39, 0.29) is 5.41 Å².